The highest BCUT2D eigenvalue weighted by atomic mass is 16.5. The van der Waals surface area contributed by atoms with Gasteiger partial charge in [-0.3, -0.25) is 9.67 Å². The number of rotatable bonds is 7. The van der Waals surface area contributed by atoms with Gasteiger partial charge in [0.05, 0.1) is 43.1 Å². The van der Waals surface area contributed by atoms with Gasteiger partial charge >= 0.3 is 0 Å². The van der Waals surface area contributed by atoms with Crippen LogP contribution in [0, 0.1) is 0 Å². The number of imidazole rings is 2. The van der Waals surface area contributed by atoms with Crippen LogP contribution in [0.15, 0.2) is 116 Å². The quantitative estimate of drug-likeness (QED) is 0.224. The first-order valence-corrected chi connectivity index (χ1v) is 14.1. The second-order valence-electron chi connectivity index (χ2n) is 10.6. The third kappa shape index (κ3) is 4.49. The molecule has 208 valence electrons. The van der Waals surface area contributed by atoms with E-state index in [9.17, 15) is 0 Å². The van der Waals surface area contributed by atoms with E-state index < -0.39 is 0 Å². The highest BCUT2D eigenvalue weighted by Gasteiger charge is 2.19. The Bertz CT molecular complexity index is 2220. The summed E-state index contributed by atoms with van der Waals surface area (Å²) < 4.78 is 9.46. The summed E-state index contributed by atoms with van der Waals surface area (Å²) in [5, 5.41) is 8.45. The molecule has 0 saturated heterocycles. The number of para-hydroxylation sites is 1. The van der Waals surface area contributed by atoms with Crippen LogP contribution < -0.4 is 4.74 Å². The first-order valence-electron chi connectivity index (χ1n) is 14.1. The zero-order valence-electron chi connectivity index (χ0n) is 23.5. The van der Waals surface area contributed by atoms with Crippen LogP contribution in [0.2, 0.25) is 0 Å². The summed E-state index contributed by atoms with van der Waals surface area (Å²) in [5.74, 6) is 1.57. The van der Waals surface area contributed by atoms with Gasteiger partial charge < -0.3 is 14.3 Å². The van der Waals surface area contributed by atoms with Crippen molar-refractivity contribution in [1.82, 2.24) is 34.3 Å². The Labute approximate surface area is 247 Å². The normalized spacial score (nSPS) is 11.6. The van der Waals surface area contributed by atoms with Crippen LogP contribution in [-0.4, -0.2) is 41.4 Å². The van der Waals surface area contributed by atoms with E-state index in [1.807, 2.05) is 47.7 Å². The third-order valence-corrected chi connectivity index (χ3v) is 7.95. The molecule has 8 heteroatoms. The molecule has 8 nitrogen and oxygen atoms in total. The molecule has 0 atom stereocenters. The van der Waals surface area contributed by atoms with Gasteiger partial charge in [0.1, 0.15) is 11.4 Å². The van der Waals surface area contributed by atoms with Crippen molar-refractivity contribution in [3.63, 3.8) is 0 Å². The smallest absolute Gasteiger partial charge is 0.159 e. The standard InChI is InChI=1S/C35H27N7O/c1-43-27-12-9-23(10-13-27)20-42-32-14-11-24(30-19-37-18-25-5-2-3-7-28(25)30)17-29(32)34(40-42)35-38-31-8-4-6-26(33(31)39-35)21-41-16-15-36-22-41/h2-19,22H,20-21H2,1H3,(H,38,39). The highest BCUT2D eigenvalue weighted by molar-refractivity contribution is 6.01. The molecule has 1 N–H and O–H groups in total. The maximum atomic E-state index is 5.36. The largest absolute Gasteiger partial charge is 0.497 e. The Morgan fingerprint density at radius 1 is 0.837 bits per heavy atom. The number of hydrogen-bond acceptors (Lipinski definition) is 5. The van der Waals surface area contributed by atoms with E-state index >= 15 is 0 Å². The summed E-state index contributed by atoms with van der Waals surface area (Å²) in [7, 11) is 1.68. The van der Waals surface area contributed by atoms with Gasteiger partial charge in [-0.15, -0.1) is 0 Å². The topological polar surface area (TPSA) is 86.4 Å². The number of nitrogens with zero attached hydrogens (tertiary/aromatic N) is 6. The van der Waals surface area contributed by atoms with E-state index in [2.05, 4.69) is 86.4 Å². The van der Waals surface area contributed by atoms with Crippen LogP contribution in [0.3, 0.4) is 0 Å². The second-order valence-corrected chi connectivity index (χ2v) is 10.6. The second kappa shape index (κ2) is 10.3. The summed E-state index contributed by atoms with van der Waals surface area (Å²) in [6.45, 7) is 1.30. The average molecular weight is 562 g/mol. The van der Waals surface area contributed by atoms with Gasteiger partial charge in [-0.1, -0.05) is 54.6 Å². The molecule has 0 fully saturated rings. The van der Waals surface area contributed by atoms with Crippen molar-refractivity contribution in [3.8, 4) is 28.4 Å². The van der Waals surface area contributed by atoms with Crippen molar-refractivity contribution < 1.29 is 4.74 Å². The number of fused-ring (bicyclic) bond motifs is 3. The summed E-state index contributed by atoms with van der Waals surface area (Å²) in [6.07, 6.45) is 9.43. The van der Waals surface area contributed by atoms with E-state index in [1.54, 1.807) is 13.3 Å². The molecular weight excluding hydrogens is 534 g/mol. The molecule has 0 radical (unpaired) electrons. The fraction of sp³-hybridized carbons (Fsp3) is 0.0857. The molecule has 0 bridgehead atoms. The maximum absolute atomic E-state index is 5.36. The number of pyridine rings is 1. The van der Waals surface area contributed by atoms with Crippen molar-refractivity contribution in [2.45, 2.75) is 13.1 Å². The molecule has 8 rings (SSSR count). The number of H-pyrrole nitrogens is 1. The fourth-order valence-corrected chi connectivity index (χ4v) is 5.80. The molecule has 43 heavy (non-hydrogen) atoms. The molecule has 0 amide bonds. The minimum absolute atomic E-state index is 0.613. The number of hydrogen-bond donors (Lipinski definition) is 1. The number of methoxy groups -OCH3 is 1. The Hall–Kier alpha value is -5.76. The Morgan fingerprint density at radius 2 is 1.74 bits per heavy atom. The van der Waals surface area contributed by atoms with Gasteiger partial charge in [-0.25, -0.2) is 9.97 Å². The van der Waals surface area contributed by atoms with Crippen LogP contribution in [0.4, 0.5) is 0 Å². The van der Waals surface area contributed by atoms with Crippen LogP contribution in [0.25, 0.3) is 55.4 Å². The maximum Gasteiger partial charge on any atom is 0.159 e. The van der Waals surface area contributed by atoms with Gasteiger partial charge in [-0.05, 0) is 52.4 Å². The number of nitrogens with one attached hydrogen (secondary N) is 1. The van der Waals surface area contributed by atoms with Crippen LogP contribution in [0.1, 0.15) is 11.1 Å². The molecule has 0 aliphatic rings. The molecule has 0 aliphatic heterocycles. The lowest BCUT2D eigenvalue weighted by Gasteiger charge is -2.08. The van der Waals surface area contributed by atoms with E-state index in [1.165, 1.54) is 0 Å². The average Bonchev–Trinajstić information content (AvgIpc) is 3.81. The lowest BCUT2D eigenvalue weighted by Crippen LogP contribution is -2.02. The summed E-state index contributed by atoms with van der Waals surface area (Å²) in [6, 6.07) is 29.2. The molecule has 4 aromatic heterocycles. The van der Waals surface area contributed by atoms with Crippen molar-refractivity contribution >= 4 is 32.7 Å². The van der Waals surface area contributed by atoms with Gasteiger partial charge in [0, 0.05) is 41.1 Å². The van der Waals surface area contributed by atoms with Gasteiger partial charge in [-0.2, -0.15) is 5.10 Å². The zero-order chi connectivity index (χ0) is 28.8. The molecule has 0 aliphatic carbocycles. The van der Waals surface area contributed by atoms with E-state index in [0.29, 0.717) is 13.1 Å². The van der Waals surface area contributed by atoms with E-state index in [-0.39, 0.29) is 0 Å². The molecule has 0 saturated carbocycles. The minimum Gasteiger partial charge on any atom is -0.497 e. The zero-order valence-corrected chi connectivity index (χ0v) is 23.5. The van der Waals surface area contributed by atoms with Gasteiger partial charge in [0.2, 0.25) is 0 Å². The van der Waals surface area contributed by atoms with Crippen molar-refractivity contribution in [3.05, 3.63) is 127 Å². The molecule has 8 aromatic rings. The summed E-state index contributed by atoms with van der Waals surface area (Å²) >= 11 is 0. The van der Waals surface area contributed by atoms with E-state index in [4.69, 9.17) is 14.8 Å². The lowest BCUT2D eigenvalue weighted by atomic mass is 9.99. The SMILES string of the molecule is COc1ccc(Cn2nc(-c3nc4c(Cn5ccnc5)cccc4[nH]3)c3cc(-c4cncc5ccccc45)ccc32)cc1. The Balaban J connectivity index is 1.29. The number of ether oxygens (including phenoxy) is 1. The number of aromatic amines is 1. The van der Waals surface area contributed by atoms with Crippen LogP contribution in [-0.2, 0) is 13.1 Å². The molecule has 4 aromatic carbocycles. The number of benzene rings is 4. The van der Waals surface area contributed by atoms with Crippen molar-refractivity contribution in [2.75, 3.05) is 7.11 Å². The predicted octanol–water partition coefficient (Wildman–Crippen LogP) is 7.10. The van der Waals surface area contributed by atoms with Crippen LogP contribution >= 0.6 is 0 Å². The minimum atomic E-state index is 0.613. The number of aromatic nitrogens is 7. The first kappa shape index (κ1) is 25.0. The third-order valence-electron chi connectivity index (χ3n) is 7.95. The molecule has 0 spiro atoms. The van der Waals surface area contributed by atoms with Crippen molar-refractivity contribution in [1.29, 1.82) is 0 Å². The highest BCUT2D eigenvalue weighted by Crippen LogP contribution is 2.35. The Morgan fingerprint density at radius 3 is 2.60 bits per heavy atom. The van der Waals surface area contributed by atoms with Gasteiger partial charge in [0.25, 0.3) is 0 Å². The molecular formula is C35H27N7O. The predicted molar refractivity (Wildman–Crippen MR) is 169 cm³/mol. The molecule has 4 heterocycles. The monoisotopic (exact) mass is 561 g/mol. The lowest BCUT2D eigenvalue weighted by molar-refractivity contribution is 0.414. The Kier molecular flexibility index (Phi) is 5.96. The fourth-order valence-electron chi connectivity index (χ4n) is 5.80. The van der Waals surface area contributed by atoms with Crippen molar-refractivity contribution in [2.24, 2.45) is 0 Å². The van der Waals surface area contributed by atoms with E-state index in [0.717, 1.165) is 72.2 Å². The summed E-state index contributed by atoms with van der Waals surface area (Å²) in [5.41, 5.74) is 8.15. The van der Waals surface area contributed by atoms with Crippen LogP contribution in [0.5, 0.6) is 5.75 Å². The summed E-state index contributed by atoms with van der Waals surface area (Å²) in [4.78, 5) is 17.4. The van der Waals surface area contributed by atoms with Gasteiger partial charge in [0.15, 0.2) is 5.82 Å². The molecule has 0 unspecified atom stereocenters. The first-order chi connectivity index (χ1) is 21.2.